The number of hydrogen-bond acceptors (Lipinski definition) is 4. The van der Waals surface area contributed by atoms with Gasteiger partial charge >= 0.3 is 6.09 Å². The molecule has 1 aliphatic rings. The molecular weight excluding hydrogens is 194 g/mol. The van der Waals surface area contributed by atoms with Gasteiger partial charge in [0, 0.05) is 6.04 Å². The average Bonchev–Trinajstić information content (AvgIpc) is 2.02. The van der Waals surface area contributed by atoms with Gasteiger partial charge in [-0.25, -0.2) is 13.2 Å². The number of alkyl carbamates (subject to hydrolysis) is 1. The van der Waals surface area contributed by atoms with E-state index in [0.29, 0.717) is 12.8 Å². The Balaban J connectivity index is 2.48. The molecule has 0 aliphatic carbocycles. The Labute approximate surface area is 77.4 Å². The minimum Gasteiger partial charge on any atom is -0.453 e. The molecule has 0 aromatic rings. The Hall–Kier alpha value is -0.780. The summed E-state index contributed by atoms with van der Waals surface area (Å²) in [5.41, 5.74) is 0. The van der Waals surface area contributed by atoms with Gasteiger partial charge in [-0.2, -0.15) is 0 Å². The summed E-state index contributed by atoms with van der Waals surface area (Å²) in [5.74, 6) is 0.258. The summed E-state index contributed by atoms with van der Waals surface area (Å²) in [6.45, 7) is 0. The molecule has 0 aromatic carbocycles. The van der Waals surface area contributed by atoms with Crippen LogP contribution in [0.25, 0.3) is 0 Å². The highest BCUT2D eigenvalue weighted by Gasteiger charge is 2.25. The lowest BCUT2D eigenvalue weighted by Gasteiger charge is -2.22. The van der Waals surface area contributed by atoms with Gasteiger partial charge < -0.3 is 10.1 Å². The zero-order valence-electron chi connectivity index (χ0n) is 7.45. The van der Waals surface area contributed by atoms with Crippen molar-refractivity contribution in [2.75, 3.05) is 18.6 Å². The lowest BCUT2D eigenvalue weighted by atomic mass is 10.2. The molecule has 1 unspecified atom stereocenters. The topological polar surface area (TPSA) is 72.5 Å². The summed E-state index contributed by atoms with van der Waals surface area (Å²) < 4.78 is 26.7. The van der Waals surface area contributed by atoms with Crippen LogP contribution in [0.5, 0.6) is 0 Å². The molecule has 1 N–H and O–H groups in total. The maximum absolute atomic E-state index is 11.1. The highest BCUT2D eigenvalue weighted by Crippen LogP contribution is 2.11. The molecule has 13 heavy (non-hydrogen) atoms. The van der Waals surface area contributed by atoms with Crippen LogP contribution in [0.1, 0.15) is 12.8 Å². The zero-order valence-corrected chi connectivity index (χ0v) is 8.26. The number of carbonyl (C=O) groups is 1. The zero-order chi connectivity index (χ0) is 9.90. The van der Waals surface area contributed by atoms with E-state index in [2.05, 4.69) is 10.1 Å². The number of amides is 1. The second-order valence-corrected chi connectivity index (χ2v) is 5.32. The van der Waals surface area contributed by atoms with Crippen LogP contribution in [-0.2, 0) is 14.6 Å². The Kier molecular flexibility index (Phi) is 3.13. The normalized spacial score (nSPS) is 26.4. The van der Waals surface area contributed by atoms with Crippen molar-refractivity contribution in [1.29, 1.82) is 0 Å². The molecule has 1 rings (SSSR count). The van der Waals surface area contributed by atoms with Gasteiger partial charge in [0.05, 0.1) is 18.6 Å². The van der Waals surface area contributed by atoms with Crippen LogP contribution in [-0.4, -0.2) is 39.2 Å². The summed E-state index contributed by atoms with van der Waals surface area (Å²) in [7, 11) is -1.70. The third-order valence-corrected chi connectivity index (χ3v) is 3.79. The number of hydrogen-bond donors (Lipinski definition) is 1. The van der Waals surface area contributed by atoms with Crippen LogP contribution in [0, 0.1) is 0 Å². The molecule has 0 saturated carbocycles. The molecule has 0 aromatic heterocycles. The van der Waals surface area contributed by atoms with E-state index in [4.69, 9.17) is 0 Å². The first-order chi connectivity index (χ1) is 6.03. The van der Waals surface area contributed by atoms with Crippen molar-refractivity contribution in [3.05, 3.63) is 0 Å². The van der Waals surface area contributed by atoms with E-state index >= 15 is 0 Å². The van der Waals surface area contributed by atoms with Gasteiger partial charge in [0.2, 0.25) is 0 Å². The van der Waals surface area contributed by atoms with Crippen molar-refractivity contribution in [2.45, 2.75) is 18.9 Å². The smallest absolute Gasteiger partial charge is 0.407 e. The van der Waals surface area contributed by atoms with Crippen molar-refractivity contribution >= 4 is 15.9 Å². The summed E-state index contributed by atoms with van der Waals surface area (Å²) in [6, 6.07) is -0.286. The van der Waals surface area contributed by atoms with Gasteiger partial charge in [0.1, 0.15) is 0 Å². The van der Waals surface area contributed by atoms with Crippen molar-refractivity contribution in [1.82, 2.24) is 5.32 Å². The summed E-state index contributed by atoms with van der Waals surface area (Å²) in [4.78, 5) is 10.8. The summed E-state index contributed by atoms with van der Waals surface area (Å²) >= 11 is 0. The second-order valence-electron chi connectivity index (χ2n) is 3.09. The molecule has 1 heterocycles. The lowest BCUT2D eigenvalue weighted by Crippen LogP contribution is -2.43. The van der Waals surface area contributed by atoms with E-state index in [9.17, 15) is 13.2 Å². The Morgan fingerprint density at radius 3 is 2.77 bits per heavy atom. The van der Waals surface area contributed by atoms with Crippen LogP contribution in [0.4, 0.5) is 4.79 Å². The predicted octanol–water partition coefficient (Wildman–Crippen LogP) is -0.0804. The number of sulfone groups is 1. The molecule has 1 fully saturated rings. The molecular formula is C7H13NO4S. The van der Waals surface area contributed by atoms with Gasteiger partial charge in [-0.3, -0.25) is 0 Å². The first-order valence-corrected chi connectivity index (χ1v) is 5.90. The van der Waals surface area contributed by atoms with E-state index in [1.54, 1.807) is 0 Å². The largest absolute Gasteiger partial charge is 0.453 e. The first-order valence-electron chi connectivity index (χ1n) is 4.08. The molecule has 76 valence electrons. The first kappa shape index (κ1) is 10.3. The van der Waals surface area contributed by atoms with Crippen LogP contribution in [0.15, 0.2) is 0 Å². The van der Waals surface area contributed by atoms with Gasteiger partial charge in [-0.05, 0) is 12.8 Å². The number of nitrogens with one attached hydrogen (secondary N) is 1. The lowest BCUT2D eigenvalue weighted by molar-refractivity contribution is 0.167. The van der Waals surface area contributed by atoms with Crippen molar-refractivity contribution in [2.24, 2.45) is 0 Å². The molecule has 1 amide bonds. The number of ether oxygens (including phenoxy) is 1. The Morgan fingerprint density at radius 2 is 2.23 bits per heavy atom. The second kappa shape index (κ2) is 3.95. The third kappa shape index (κ3) is 3.22. The SMILES string of the molecule is COC(=O)NC1CCCS(=O)(=O)C1. The van der Waals surface area contributed by atoms with Gasteiger partial charge in [0.15, 0.2) is 9.84 Å². The number of methoxy groups -OCH3 is 1. The summed E-state index contributed by atoms with van der Waals surface area (Å²) in [6.07, 6.45) is 0.743. The van der Waals surface area contributed by atoms with E-state index in [1.807, 2.05) is 0 Å². The molecule has 1 saturated heterocycles. The fourth-order valence-corrected chi connectivity index (χ4v) is 3.00. The average molecular weight is 207 g/mol. The van der Waals surface area contributed by atoms with E-state index in [0.717, 1.165) is 0 Å². The van der Waals surface area contributed by atoms with Crippen molar-refractivity contribution in [3.8, 4) is 0 Å². The summed E-state index contributed by atoms with van der Waals surface area (Å²) in [5, 5.41) is 2.48. The fourth-order valence-electron chi connectivity index (χ4n) is 1.36. The van der Waals surface area contributed by atoms with Crippen LogP contribution in [0.2, 0.25) is 0 Å². The maximum atomic E-state index is 11.1. The molecule has 0 radical (unpaired) electrons. The monoisotopic (exact) mass is 207 g/mol. The molecule has 5 nitrogen and oxygen atoms in total. The van der Waals surface area contributed by atoms with Crippen molar-refractivity contribution < 1.29 is 17.9 Å². The Morgan fingerprint density at radius 1 is 1.54 bits per heavy atom. The Bertz CT molecular complexity index is 285. The van der Waals surface area contributed by atoms with E-state index in [1.165, 1.54) is 7.11 Å². The van der Waals surface area contributed by atoms with Gasteiger partial charge in [-0.1, -0.05) is 0 Å². The minimum atomic E-state index is -2.96. The quantitative estimate of drug-likeness (QED) is 0.652. The molecule has 0 bridgehead atoms. The van der Waals surface area contributed by atoms with Crippen LogP contribution >= 0.6 is 0 Å². The molecule has 6 heteroatoms. The standard InChI is InChI=1S/C7H13NO4S/c1-12-7(9)8-6-3-2-4-13(10,11)5-6/h6H,2-5H2,1H3,(H,8,9). The fraction of sp³-hybridized carbons (Fsp3) is 0.857. The molecule has 0 spiro atoms. The minimum absolute atomic E-state index is 0.0299. The van der Waals surface area contributed by atoms with E-state index in [-0.39, 0.29) is 17.5 Å². The highest BCUT2D eigenvalue weighted by atomic mass is 32.2. The van der Waals surface area contributed by atoms with Crippen LogP contribution in [0.3, 0.4) is 0 Å². The van der Waals surface area contributed by atoms with Gasteiger partial charge in [0.25, 0.3) is 0 Å². The number of rotatable bonds is 1. The highest BCUT2D eigenvalue weighted by molar-refractivity contribution is 7.91. The third-order valence-electron chi connectivity index (χ3n) is 1.97. The molecule has 1 atom stereocenters. The van der Waals surface area contributed by atoms with Gasteiger partial charge in [-0.15, -0.1) is 0 Å². The van der Waals surface area contributed by atoms with Crippen molar-refractivity contribution in [3.63, 3.8) is 0 Å². The predicted molar refractivity (Wildman–Crippen MR) is 47.2 cm³/mol. The maximum Gasteiger partial charge on any atom is 0.407 e. The van der Waals surface area contributed by atoms with Crippen LogP contribution < -0.4 is 5.32 Å². The van der Waals surface area contributed by atoms with E-state index < -0.39 is 15.9 Å². The number of carbonyl (C=O) groups excluding carboxylic acids is 1. The molecule has 1 aliphatic heterocycles.